The summed E-state index contributed by atoms with van der Waals surface area (Å²) in [4.78, 5) is 0. The van der Waals surface area contributed by atoms with Crippen LogP contribution in [0.4, 0.5) is 0 Å². The van der Waals surface area contributed by atoms with E-state index in [2.05, 4.69) is 5.10 Å². The van der Waals surface area contributed by atoms with Crippen LogP contribution in [0.1, 0.15) is 11.4 Å². The summed E-state index contributed by atoms with van der Waals surface area (Å²) in [7, 11) is -1.55. The zero-order valence-electron chi connectivity index (χ0n) is 9.55. The molecule has 0 unspecified atom stereocenters. The number of nitrogens with zero attached hydrogens (tertiary/aromatic N) is 2. The Hall–Kier alpha value is -1.30. The van der Waals surface area contributed by atoms with E-state index < -0.39 is 7.12 Å². The smallest absolute Gasteiger partial charge is 0.423 e. The lowest BCUT2D eigenvalue weighted by atomic mass is 9.79. The van der Waals surface area contributed by atoms with E-state index in [4.69, 9.17) is 11.6 Å². The summed E-state index contributed by atoms with van der Waals surface area (Å²) in [6, 6.07) is 6.77. The van der Waals surface area contributed by atoms with Crippen LogP contribution in [0.2, 0.25) is 5.02 Å². The largest absolute Gasteiger partial charge is 0.490 e. The quantitative estimate of drug-likeness (QED) is 0.776. The summed E-state index contributed by atoms with van der Waals surface area (Å²) in [5.74, 6) is 0. The number of benzene rings is 1. The zero-order chi connectivity index (χ0) is 12.6. The van der Waals surface area contributed by atoms with E-state index in [0.717, 1.165) is 11.4 Å². The third-order valence-corrected chi connectivity index (χ3v) is 2.74. The van der Waals surface area contributed by atoms with Crippen molar-refractivity contribution in [3.63, 3.8) is 0 Å². The minimum Gasteiger partial charge on any atom is -0.423 e. The van der Waals surface area contributed by atoms with Gasteiger partial charge in [-0.1, -0.05) is 17.7 Å². The van der Waals surface area contributed by atoms with Crippen molar-refractivity contribution < 1.29 is 10.0 Å². The Morgan fingerprint density at radius 1 is 1.24 bits per heavy atom. The Balaban J connectivity index is 2.65. The van der Waals surface area contributed by atoms with Gasteiger partial charge >= 0.3 is 7.12 Å². The molecule has 2 aromatic rings. The molecule has 0 amide bonds. The number of hydrogen-bond acceptors (Lipinski definition) is 3. The number of halogens is 1. The highest BCUT2D eigenvalue weighted by atomic mass is 35.5. The van der Waals surface area contributed by atoms with Crippen molar-refractivity contribution in [1.82, 2.24) is 9.78 Å². The van der Waals surface area contributed by atoms with Gasteiger partial charge in [-0.15, -0.1) is 0 Å². The molecular weight excluding hydrogens is 238 g/mol. The molecule has 0 atom stereocenters. The molecule has 4 nitrogen and oxygen atoms in total. The molecule has 17 heavy (non-hydrogen) atoms. The minimum atomic E-state index is -1.55. The van der Waals surface area contributed by atoms with E-state index in [0.29, 0.717) is 16.2 Å². The molecule has 1 aromatic heterocycles. The standard InChI is InChI=1S/C11H12BClN2O2/c1-7-5-8(2)15(14-7)11-6-9(13)3-4-10(11)12(16)17/h3-6,16-17H,1-2H3. The van der Waals surface area contributed by atoms with Crippen LogP contribution in [-0.2, 0) is 0 Å². The molecule has 2 N–H and O–H groups in total. The molecule has 0 radical (unpaired) electrons. The highest BCUT2D eigenvalue weighted by molar-refractivity contribution is 6.60. The zero-order valence-corrected chi connectivity index (χ0v) is 10.3. The summed E-state index contributed by atoms with van der Waals surface area (Å²) in [5.41, 5.74) is 2.73. The van der Waals surface area contributed by atoms with Gasteiger partial charge in [0.25, 0.3) is 0 Å². The molecule has 0 spiro atoms. The van der Waals surface area contributed by atoms with Crippen molar-refractivity contribution in [2.45, 2.75) is 13.8 Å². The molecule has 0 fully saturated rings. The van der Waals surface area contributed by atoms with Crippen molar-refractivity contribution >= 4 is 24.2 Å². The SMILES string of the molecule is Cc1cc(C)n(-c2cc(Cl)ccc2B(O)O)n1. The molecule has 0 saturated heterocycles. The summed E-state index contributed by atoms with van der Waals surface area (Å²) >= 11 is 5.93. The first-order valence-electron chi connectivity index (χ1n) is 5.18. The fourth-order valence-corrected chi connectivity index (χ4v) is 1.96. The lowest BCUT2D eigenvalue weighted by Gasteiger charge is -2.11. The summed E-state index contributed by atoms with van der Waals surface area (Å²) < 4.78 is 1.65. The van der Waals surface area contributed by atoms with Gasteiger partial charge in [-0.05, 0) is 32.0 Å². The van der Waals surface area contributed by atoms with E-state index in [-0.39, 0.29) is 0 Å². The molecule has 0 bridgehead atoms. The first-order valence-corrected chi connectivity index (χ1v) is 5.56. The van der Waals surface area contributed by atoms with Crippen LogP contribution in [-0.4, -0.2) is 26.9 Å². The molecule has 1 aromatic carbocycles. The van der Waals surface area contributed by atoms with Gasteiger partial charge in [-0.3, -0.25) is 0 Å². The van der Waals surface area contributed by atoms with E-state index >= 15 is 0 Å². The van der Waals surface area contributed by atoms with Gasteiger partial charge in [0.1, 0.15) is 0 Å². The Kier molecular flexibility index (Phi) is 3.24. The monoisotopic (exact) mass is 250 g/mol. The van der Waals surface area contributed by atoms with Gasteiger partial charge in [0.05, 0.1) is 11.4 Å². The van der Waals surface area contributed by atoms with Crippen molar-refractivity contribution in [3.8, 4) is 5.69 Å². The second kappa shape index (κ2) is 4.53. The van der Waals surface area contributed by atoms with Gasteiger partial charge in [0.15, 0.2) is 0 Å². The molecular formula is C11H12BClN2O2. The van der Waals surface area contributed by atoms with Crippen LogP contribution in [0.15, 0.2) is 24.3 Å². The van der Waals surface area contributed by atoms with E-state index in [9.17, 15) is 10.0 Å². The van der Waals surface area contributed by atoms with Crippen LogP contribution >= 0.6 is 11.6 Å². The predicted octanol–water partition coefficient (Wildman–Crippen LogP) is 0.822. The normalized spacial score (nSPS) is 10.6. The predicted molar refractivity (Wildman–Crippen MR) is 67.9 cm³/mol. The highest BCUT2D eigenvalue weighted by Gasteiger charge is 2.18. The maximum absolute atomic E-state index is 9.33. The maximum Gasteiger partial charge on any atom is 0.490 e. The van der Waals surface area contributed by atoms with E-state index in [1.54, 1.807) is 22.9 Å². The molecule has 1 heterocycles. The lowest BCUT2D eigenvalue weighted by Crippen LogP contribution is -2.33. The van der Waals surface area contributed by atoms with Crippen molar-refractivity contribution in [2.75, 3.05) is 0 Å². The van der Waals surface area contributed by atoms with Crippen LogP contribution < -0.4 is 5.46 Å². The van der Waals surface area contributed by atoms with Crippen LogP contribution in [0.25, 0.3) is 5.69 Å². The van der Waals surface area contributed by atoms with Gasteiger partial charge in [-0.25, -0.2) is 4.68 Å². The third kappa shape index (κ3) is 2.36. The Bertz CT molecular complexity index is 554. The summed E-state index contributed by atoms with van der Waals surface area (Å²) in [5, 5.41) is 23.5. The van der Waals surface area contributed by atoms with Crippen molar-refractivity contribution in [1.29, 1.82) is 0 Å². The van der Waals surface area contributed by atoms with Gasteiger partial charge in [0, 0.05) is 16.2 Å². The number of hydrogen-bond donors (Lipinski definition) is 2. The van der Waals surface area contributed by atoms with Gasteiger partial charge in [0.2, 0.25) is 0 Å². The average Bonchev–Trinajstić information content (AvgIpc) is 2.57. The molecule has 0 saturated carbocycles. The Morgan fingerprint density at radius 2 is 1.94 bits per heavy atom. The van der Waals surface area contributed by atoms with Crippen molar-refractivity contribution in [3.05, 3.63) is 40.7 Å². The Morgan fingerprint density at radius 3 is 2.47 bits per heavy atom. The topological polar surface area (TPSA) is 58.3 Å². The van der Waals surface area contributed by atoms with E-state index in [1.807, 2.05) is 19.9 Å². The average molecular weight is 250 g/mol. The first-order chi connectivity index (χ1) is 7.99. The highest BCUT2D eigenvalue weighted by Crippen LogP contribution is 2.15. The minimum absolute atomic E-state index is 0.376. The summed E-state index contributed by atoms with van der Waals surface area (Å²) in [6.07, 6.45) is 0. The fourth-order valence-electron chi connectivity index (χ4n) is 1.79. The Labute approximate surface area is 105 Å². The molecule has 6 heteroatoms. The second-order valence-electron chi connectivity index (χ2n) is 3.92. The lowest BCUT2D eigenvalue weighted by molar-refractivity contribution is 0.425. The first kappa shape index (κ1) is 12.2. The van der Waals surface area contributed by atoms with Gasteiger partial charge < -0.3 is 10.0 Å². The van der Waals surface area contributed by atoms with Gasteiger partial charge in [-0.2, -0.15) is 5.10 Å². The molecule has 0 aliphatic rings. The van der Waals surface area contributed by atoms with Crippen LogP contribution in [0.3, 0.4) is 0 Å². The number of rotatable bonds is 2. The molecule has 0 aliphatic heterocycles. The van der Waals surface area contributed by atoms with Crippen LogP contribution in [0, 0.1) is 13.8 Å². The third-order valence-electron chi connectivity index (χ3n) is 2.51. The summed E-state index contributed by atoms with van der Waals surface area (Å²) in [6.45, 7) is 3.78. The van der Waals surface area contributed by atoms with Crippen LogP contribution in [0.5, 0.6) is 0 Å². The molecule has 0 aliphatic carbocycles. The van der Waals surface area contributed by atoms with E-state index in [1.165, 1.54) is 0 Å². The molecule has 2 rings (SSSR count). The maximum atomic E-state index is 9.33. The second-order valence-corrected chi connectivity index (χ2v) is 4.35. The van der Waals surface area contributed by atoms with Crippen molar-refractivity contribution in [2.24, 2.45) is 0 Å². The number of aromatic nitrogens is 2. The molecule has 88 valence electrons. The fraction of sp³-hybridized carbons (Fsp3) is 0.182. The number of aryl methyl sites for hydroxylation is 2.